The Bertz CT molecular complexity index is 988. The molecule has 1 aromatic rings. The highest BCUT2D eigenvalue weighted by molar-refractivity contribution is 7.56. The molecule has 2 aliphatic carbocycles. The average Bonchev–Trinajstić information content (AvgIpc) is 2.67. The maximum Gasteiger partial charge on any atom is 0.309 e. The van der Waals surface area contributed by atoms with Crippen molar-refractivity contribution in [3.8, 4) is 5.75 Å². The maximum atomic E-state index is 15.1. The lowest BCUT2D eigenvalue weighted by Crippen LogP contribution is -2.39. The van der Waals surface area contributed by atoms with Gasteiger partial charge in [0.25, 0.3) is 5.91 Å². The molecule has 35 heavy (non-hydrogen) atoms. The molecular formula is C26H40FN2O5P. The third-order valence-corrected chi connectivity index (χ3v) is 8.79. The minimum absolute atomic E-state index is 0.0137. The van der Waals surface area contributed by atoms with E-state index in [4.69, 9.17) is 9.36 Å². The smallest absolute Gasteiger partial charge is 0.309 e. The summed E-state index contributed by atoms with van der Waals surface area (Å²) in [6, 6.07) is 2.46. The largest absolute Gasteiger partial charge is 0.493 e. The van der Waals surface area contributed by atoms with Crippen LogP contribution in [0.25, 0.3) is 0 Å². The maximum absolute atomic E-state index is 15.1. The highest BCUT2D eigenvalue weighted by Crippen LogP contribution is 2.50. The Morgan fingerprint density at radius 1 is 1.26 bits per heavy atom. The van der Waals surface area contributed by atoms with Crippen LogP contribution in [-0.2, 0) is 14.8 Å². The molecular weight excluding hydrogens is 470 g/mol. The van der Waals surface area contributed by atoms with Crippen molar-refractivity contribution in [3.05, 3.63) is 29.1 Å². The van der Waals surface area contributed by atoms with E-state index in [9.17, 15) is 14.5 Å². The molecule has 2 saturated carbocycles. The molecule has 2 N–H and O–H groups in total. The summed E-state index contributed by atoms with van der Waals surface area (Å²) in [5.74, 6) is 0.750. The summed E-state index contributed by atoms with van der Waals surface area (Å²) in [4.78, 5) is 12.8. The summed E-state index contributed by atoms with van der Waals surface area (Å²) in [7, 11) is -3.51. The fourth-order valence-corrected chi connectivity index (χ4v) is 7.39. The Morgan fingerprint density at radius 3 is 2.43 bits per heavy atom. The summed E-state index contributed by atoms with van der Waals surface area (Å²) < 4.78 is 39.3. The summed E-state index contributed by atoms with van der Waals surface area (Å²) in [6.45, 7) is 10.7. The lowest BCUT2D eigenvalue weighted by atomic mass is 9.60. The number of nitrogens with one attached hydrogen (secondary N) is 1. The van der Waals surface area contributed by atoms with Crippen LogP contribution in [0.2, 0.25) is 0 Å². The van der Waals surface area contributed by atoms with Gasteiger partial charge in [-0.05, 0) is 76.2 Å². The van der Waals surface area contributed by atoms with Crippen LogP contribution in [0.3, 0.4) is 0 Å². The molecule has 1 amide bonds. The zero-order valence-corrected chi connectivity index (χ0v) is 22.5. The monoisotopic (exact) mass is 510 g/mol. The first-order valence-electron chi connectivity index (χ1n) is 12.8. The van der Waals surface area contributed by atoms with E-state index in [2.05, 4.69) is 18.9 Å². The number of benzene rings is 1. The SMILES string of the molecule is CC1CC2CC(C1)CC(C)(COc1cc(F)c(C(=O)NP(C)(=O)ON3CCC3)cc1C(C)(C)O)C2. The van der Waals surface area contributed by atoms with Crippen molar-refractivity contribution in [2.45, 2.75) is 71.8 Å². The van der Waals surface area contributed by atoms with Gasteiger partial charge in [0.2, 0.25) is 0 Å². The fraction of sp³-hybridized carbons (Fsp3) is 0.731. The van der Waals surface area contributed by atoms with Gasteiger partial charge < -0.3 is 9.84 Å². The number of hydrogen-bond acceptors (Lipinski definition) is 6. The first-order chi connectivity index (χ1) is 16.2. The molecule has 3 fully saturated rings. The molecule has 4 rings (SSSR count). The Hall–Kier alpha value is -1.47. The van der Waals surface area contributed by atoms with Gasteiger partial charge in [-0.15, -0.1) is 0 Å². The number of ether oxygens (including phenoxy) is 1. The molecule has 3 atom stereocenters. The van der Waals surface area contributed by atoms with Crippen molar-refractivity contribution in [2.24, 2.45) is 23.2 Å². The molecule has 9 heteroatoms. The highest BCUT2D eigenvalue weighted by Gasteiger charge is 2.41. The van der Waals surface area contributed by atoms with Crippen LogP contribution in [0, 0.1) is 29.0 Å². The Balaban J connectivity index is 1.50. The molecule has 0 aromatic heterocycles. The molecule has 2 bridgehead atoms. The third kappa shape index (κ3) is 6.46. The Morgan fingerprint density at radius 2 is 1.89 bits per heavy atom. The van der Waals surface area contributed by atoms with E-state index in [0.717, 1.165) is 31.2 Å². The van der Waals surface area contributed by atoms with Gasteiger partial charge in [0.15, 0.2) is 0 Å². The van der Waals surface area contributed by atoms with Crippen LogP contribution in [-0.4, -0.2) is 42.4 Å². The number of rotatable bonds is 8. The first-order valence-corrected chi connectivity index (χ1v) is 14.8. The topological polar surface area (TPSA) is 88.1 Å². The second-order valence-corrected chi connectivity index (χ2v) is 14.2. The number of carbonyl (C=O) groups excluding carboxylic acids is 1. The van der Waals surface area contributed by atoms with Crippen LogP contribution in [0.15, 0.2) is 12.1 Å². The van der Waals surface area contributed by atoms with Crippen LogP contribution < -0.4 is 9.82 Å². The van der Waals surface area contributed by atoms with Crippen LogP contribution >= 0.6 is 7.52 Å². The van der Waals surface area contributed by atoms with Crippen LogP contribution in [0.1, 0.15) is 82.1 Å². The fourth-order valence-electron chi connectivity index (χ4n) is 6.26. The van der Waals surface area contributed by atoms with E-state index in [0.29, 0.717) is 37.1 Å². The number of halogens is 1. The van der Waals surface area contributed by atoms with Crippen molar-refractivity contribution in [1.82, 2.24) is 10.2 Å². The van der Waals surface area contributed by atoms with Gasteiger partial charge in [0.05, 0.1) is 17.8 Å². The molecule has 1 saturated heterocycles. The van der Waals surface area contributed by atoms with E-state index >= 15 is 4.39 Å². The molecule has 1 aromatic carbocycles. The van der Waals surface area contributed by atoms with E-state index in [-0.39, 0.29) is 16.7 Å². The number of aliphatic hydroxyl groups is 1. The van der Waals surface area contributed by atoms with Crippen molar-refractivity contribution < 1.29 is 28.2 Å². The van der Waals surface area contributed by atoms with Gasteiger partial charge in [0, 0.05) is 36.8 Å². The summed E-state index contributed by atoms with van der Waals surface area (Å²) >= 11 is 0. The van der Waals surface area contributed by atoms with Crippen LogP contribution in [0.4, 0.5) is 4.39 Å². The van der Waals surface area contributed by atoms with Crippen molar-refractivity contribution >= 4 is 13.4 Å². The Labute approximate surface area is 208 Å². The average molecular weight is 511 g/mol. The predicted octanol–water partition coefficient (Wildman–Crippen LogP) is 5.47. The van der Waals surface area contributed by atoms with Gasteiger partial charge in [-0.3, -0.25) is 14.4 Å². The summed E-state index contributed by atoms with van der Waals surface area (Å²) in [5.41, 5.74) is -1.38. The van der Waals surface area contributed by atoms with E-state index in [1.807, 2.05) is 0 Å². The van der Waals surface area contributed by atoms with Gasteiger partial charge in [0.1, 0.15) is 11.6 Å². The molecule has 1 aliphatic heterocycles. The predicted molar refractivity (Wildman–Crippen MR) is 133 cm³/mol. The normalized spacial score (nSPS) is 30.8. The quantitative estimate of drug-likeness (QED) is 0.451. The number of hydrogen-bond donors (Lipinski definition) is 2. The molecule has 196 valence electrons. The standard InChI is InChI=1S/C26H40FN2O5P/c1-17-9-18-11-19(10-17)15-26(4,14-18)16-33-23-13-22(27)20(12-21(23)25(2,3)31)24(30)28-35(5,32)34-29-7-6-8-29/h12-13,17-19,31H,6-11,14-16H2,1-5H3,(H,28,30,32). The number of nitrogens with zero attached hydrogens (tertiary/aromatic N) is 1. The molecule has 0 spiro atoms. The molecule has 3 unspecified atom stereocenters. The molecule has 1 heterocycles. The highest BCUT2D eigenvalue weighted by atomic mass is 31.2. The lowest BCUT2D eigenvalue weighted by Gasteiger charge is -2.47. The van der Waals surface area contributed by atoms with Crippen molar-refractivity contribution in [1.29, 1.82) is 0 Å². The number of hydroxylamine groups is 2. The van der Waals surface area contributed by atoms with Gasteiger partial charge in [-0.1, -0.05) is 13.8 Å². The van der Waals surface area contributed by atoms with Crippen molar-refractivity contribution in [3.63, 3.8) is 0 Å². The van der Waals surface area contributed by atoms with Crippen molar-refractivity contribution in [2.75, 3.05) is 26.4 Å². The molecule has 0 radical (unpaired) electrons. The zero-order valence-electron chi connectivity index (χ0n) is 21.6. The van der Waals surface area contributed by atoms with E-state index in [1.54, 1.807) is 13.8 Å². The minimum atomic E-state index is -3.51. The zero-order chi connectivity index (χ0) is 25.6. The van der Waals surface area contributed by atoms with Gasteiger partial charge in [-0.25, -0.2) is 9.01 Å². The third-order valence-electron chi connectivity index (χ3n) is 7.64. The first kappa shape index (κ1) is 26.6. The summed E-state index contributed by atoms with van der Waals surface area (Å²) in [5, 5.41) is 14.6. The number of fused-ring (bicyclic) bond motifs is 2. The van der Waals surface area contributed by atoms with Crippen LogP contribution in [0.5, 0.6) is 5.75 Å². The van der Waals surface area contributed by atoms with Gasteiger partial charge in [-0.2, -0.15) is 5.06 Å². The van der Waals surface area contributed by atoms with E-state index in [1.165, 1.54) is 37.1 Å². The van der Waals surface area contributed by atoms with E-state index < -0.39 is 24.8 Å². The van der Waals surface area contributed by atoms with Gasteiger partial charge >= 0.3 is 7.52 Å². The lowest BCUT2D eigenvalue weighted by molar-refractivity contribution is -0.105. The second-order valence-electron chi connectivity index (χ2n) is 12.1. The minimum Gasteiger partial charge on any atom is -0.493 e. The number of amides is 1. The summed E-state index contributed by atoms with van der Waals surface area (Å²) in [6.07, 6.45) is 6.88. The molecule has 7 nitrogen and oxygen atoms in total. The number of carbonyl (C=O) groups is 1. The second kappa shape index (κ2) is 9.77. The molecule has 3 aliphatic rings. The Kier molecular flexibility index (Phi) is 7.42.